The van der Waals surface area contributed by atoms with Gasteiger partial charge < -0.3 is 10.1 Å². The number of hydrogen-bond donors (Lipinski definition) is 1. The van der Waals surface area contributed by atoms with Crippen molar-refractivity contribution in [1.29, 1.82) is 0 Å². The zero-order valence-electron chi connectivity index (χ0n) is 9.15. The first-order chi connectivity index (χ1) is 7.38. The monoisotopic (exact) mass is 210 g/mol. The van der Waals surface area contributed by atoms with Gasteiger partial charge in [0.1, 0.15) is 6.33 Å². The van der Waals surface area contributed by atoms with E-state index in [1.807, 2.05) is 11.7 Å². The van der Waals surface area contributed by atoms with E-state index in [2.05, 4.69) is 15.4 Å². The summed E-state index contributed by atoms with van der Waals surface area (Å²) in [7, 11) is 1.90. The number of aromatic nitrogens is 3. The lowest BCUT2D eigenvalue weighted by Gasteiger charge is -2.07. The van der Waals surface area contributed by atoms with E-state index in [0.29, 0.717) is 6.10 Å². The third-order valence-corrected chi connectivity index (χ3v) is 2.62. The Morgan fingerprint density at radius 2 is 2.60 bits per heavy atom. The van der Waals surface area contributed by atoms with Crippen LogP contribution in [0.1, 0.15) is 25.1 Å². The van der Waals surface area contributed by atoms with Crippen LogP contribution in [0.5, 0.6) is 0 Å². The zero-order chi connectivity index (χ0) is 10.5. The number of nitrogens with one attached hydrogen (secondary N) is 1. The van der Waals surface area contributed by atoms with Crippen LogP contribution in [0.4, 0.5) is 0 Å². The number of rotatable bonds is 5. The van der Waals surface area contributed by atoms with Crippen molar-refractivity contribution in [3.05, 3.63) is 12.2 Å². The van der Waals surface area contributed by atoms with Crippen molar-refractivity contribution < 1.29 is 4.74 Å². The molecule has 15 heavy (non-hydrogen) atoms. The molecule has 0 radical (unpaired) electrons. The Labute approximate surface area is 89.8 Å². The lowest BCUT2D eigenvalue weighted by Crippen LogP contribution is -2.11. The second kappa shape index (κ2) is 5.23. The Kier molecular flexibility index (Phi) is 3.69. The number of ether oxygens (including phenoxy) is 1. The topological polar surface area (TPSA) is 52.0 Å². The Hall–Kier alpha value is -0.940. The van der Waals surface area contributed by atoms with Crippen molar-refractivity contribution in [3.8, 4) is 0 Å². The van der Waals surface area contributed by atoms with Gasteiger partial charge in [0, 0.05) is 13.2 Å². The van der Waals surface area contributed by atoms with Gasteiger partial charge in [-0.05, 0) is 26.3 Å². The molecule has 1 fully saturated rings. The van der Waals surface area contributed by atoms with Crippen molar-refractivity contribution >= 4 is 0 Å². The van der Waals surface area contributed by atoms with Gasteiger partial charge in [-0.1, -0.05) is 0 Å². The molecule has 1 unspecified atom stereocenters. The second-order valence-electron chi connectivity index (χ2n) is 3.88. The maximum Gasteiger partial charge on any atom is 0.164 e. The highest BCUT2D eigenvalue weighted by atomic mass is 16.5. The van der Waals surface area contributed by atoms with Crippen LogP contribution < -0.4 is 5.32 Å². The van der Waals surface area contributed by atoms with Crippen molar-refractivity contribution in [3.63, 3.8) is 0 Å². The lowest BCUT2D eigenvalue weighted by molar-refractivity contribution is 0.0994. The molecule has 0 aromatic carbocycles. The first kappa shape index (κ1) is 10.6. The third kappa shape index (κ3) is 3.00. The predicted octanol–water partition coefficient (Wildman–Crippen LogP) is 0.567. The summed E-state index contributed by atoms with van der Waals surface area (Å²) in [5, 5.41) is 7.38. The van der Waals surface area contributed by atoms with Crippen LogP contribution in [0.15, 0.2) is 6.33 Å². The Morgan fingerprint density at radius 3 is 3.33 bits per heavy atom. The first-order valence-electron chi connectivity index (χ1n) is 5.53. The van der Waals surface area contributed by atoms with Gasteiger partial charge in [-0.3, -0.25) is 4.68 Å². The molecule has 5 nitrogen and oxygen atoms in total. The van der Waals surface area contributed by atoms with Gasteiger partial charge in [0.05, 0.1) is 12.6 Å². The van der Waals surface area contributed by atoms with E-state index in [0.717, 1.165) is 31.9 Å². The SMILES string of the molecule is CNCc1ncn(CCC2CCCO2)n1. The molecule has 1 aliphatic heterocycles. The fourth-order valence-corrected chi connectivity index (χ4v) is 1.83. The third-order valence-electron chi connectivity index (χ3n) is 2.62. The molecule has 1 N–H and O–H groups in total. The molecule has 0 saturated carbocycles. The number of nitrogens with zero attached hydrogens (tertiary/aromatic N) is 3. The minimum Gasteiger partial charge on any atom is -0.378 e. The molecule has 1 aliphatic rings. The average Bonchev–Trinajstić information content (AvgIpc) is 2.85. The van der Waals surface area contributed by atoms with Crippen molar-refractivity contribution in [2.75, 3.05) is 13.7 Å². The van der Waals surface area contributed by atoms with Crippen LogP contribution in [0.3, 0.4) is 0 Å². The molecular weight excluding hydrogens is 192 g/mol. The molecule has 1 saturated heterocycles. The highest BCUT2D eigenvalue weighted by Gasteiger charge is 2.15. The molecule has 1 aromatic heterocycles. The summed E-state index contributed by atoms with van der Waals surface area (Å²) in [6.45, 7) is 2.56. The van der Waals surface area contributed by atoms with Crippen molar-refractivity contribution in [1.82, 2.24) is 20.1 Å². The quantitative estimate of drug-likeness (QED) is 0.772. The molecule has 1 aromatic rings. The maximum atomic E-state index is 5.56. The van der Waals surface area contributed by atoms with Crippen LogP contribution in [-0.4, -0.2) is 34.5 Å². The van der Waals surface area contributed by atoms with Gasteiger partial charge in [0.2, 0.25) is 0 Å². The minimum atomic E-state index is 0.432. The normalized spacial score (nSPS) is 21.0. The van der Waals surface area contributed by atoms with E-state index < -0.39 is 0 Å². The molecule has 0 spiro atoms. The van der Waals surface area contributed by atoms with Crippen molar-refractivity contribution in [2.45, 2.75) is 38.5 Å². The molecule has 2 heterocycles. The Morgan fingerprint density at radius 1 is 1.67 bits per heavy atom. The first-order valence-corrected chi connectivity index (χ1v) is 5.53. The van der Waals surface area contributed by atoms with E-state index in [9.17, 15) is 0 Å². The average molecular weight is 210 g/mol. The van der Waals surface area contributed by atoms with Crippen LogP contribution in [0.25, 0.3) is 0 Å². The lowest BCUT2D eigenvalue weighted by atomic mass is 10.2. The summed E-state index contributed by atoms with van der Waals surface area (Å²) in [5.74, 6) is 0.852. The summed E-state index contributed by atoms with van der Waals surface area (Å²) in [5.41, 5.74) is 0. The van der Waals surface area contributed by atoms with Crippen LogP contribution in [0, 0.1) is 0 Å². The summed E-state index contributed by atoms with van der Waals surface area (Å²) >= 11 is 0. The summed E-state index contributed by atoms with van der Waals surface area (Å²) in [6.07, 6.45) is 5.66. The fraction of sp³-hybridized carbons (Fsp3) is 0.800. The highest BCUT2D eigenvalue weighted by Crippen LogP contribution is 2.15. The van der Waals surface area contributed by atoms with E-state index in [1.165, 1.54) is 12.8 Å². The molecule has 0 amide bonds. The smallest absolute Gasteiger partial charge is 0.164 e. The van der Waals surface area contributed by atoms with Crippen LogP contribution in [0.2, 0.25) is 0 Å². The molecule has 0 bridgehead atoms. The van der Waals surface area contributed by atoms with E-state index in [-0.39, 0.29) is 0 Å². The molecule has 84 valence electrons. The predicted molar refractivity (Wildman–Crippen MR) is 56.4 cm³/mol. The Bertz CT molecular complexity index is 293. The fourth-order valence-electron chi connectivity index (χ4n) is 1.83. The number of hydrogen-bond acceptors (Lipinski definition) is 4. The van der Waals surface area contributed by atoms with Gasteiger partial charge in [0.15, 0.2) is 5.82 Å². The molecule has 1 atom stereocenters. The summed E-state index contributed by atoms with van der Waals surface area (Å²) in [4.78, 5) is 4.20. The number of aryl methyl sites for hydroxylation is 1. The Balaban J connectivity index is 1.77. The van der Waals surface area contributed by atoms with Crippen LogP contribution in [-0.2, 0) is 17.8 Å². The van der Waals surface area contributed by atoms with Gasteiger partial charge in [-0.25, -0.2) is 4.98 Å². The maximum absolute atomic E-state index is 5.56. The summed E-state index contributed by atoms with van der Waals surface area (Å²) in [6, 6.07) is 0. The minimum absolute atomic E-state index is 0.432. The second-order valence-corrected chi connectivity index (χ2v) is 3.88. The van der Waals surface area contributed by atoms with E-state index in [4.69, 9.17) is 4.74 Å². The standard InChI is InChI=1S/C10H18N4O/c1-11-7-10-12-8-14(13-10)5-4-9-3-2-6-15-9/h8-9,11H,2-7H2,1H3. The largest absolute Gasteiger partial charge is 0.378 e. The van der Waals surface area contributed by atoms with Gasteiger partial charge in [-0.2, -0.15) is 5.10 Å². The van der Waals surface area contributed by atoms with E-state index >= 15 is 0 Å². The van der Waals surface area contributed by atoms with Gasteiger partial charge in [0.25, 0.3) is 0 Å². The molecule has 0 aliphatic carbocycles. The summed E-state index contributed by atoms with van der Waals surface area (Å²) < 4.78 is 7.45. The molecular formula is C10H18N4O. The highest BCUT2D eigenvalue weighted by molar-refractivity contribution is 4.80. The molecule has 2 rings (SSSR count). The van der Waals surface area contributed by atoms with Crippen LogP contribution >= 0.6 is 0 Å². The van der Waals surface area contributed by atoms with Crippen molar-refractivity contribution in [2.24, 2.45) is 0 Å². The zero-order valence-corrected chi connectivity index (χ0v) is 9.15. The van der Waals surface area contributed by atoms with Gasteiger partial charge >= 0.3 is 0 Å². The van der Waals surface area contributed by atoms with E-state index in [1.54, 1.807) is 6.33 Å². The molecule has 5 heteroatoms. The van der Waals surface area contributed by atoms with Gasteiger partial charge in [-0.15, -0.1) is 0 Å².